The second kappa shape index (κ2) is 7.86. The Bertz CT molecular complexity index is 1330. The van der Waals surface area contributed by atoms with Gasteiger partial charge in [-0.1, -0.05) is 11.8 Å². The van der Waals surface area contributed by atoms with Crippen molar-refractivity contribution in [2.75, 3.05) is 19.0 Å². The van der Waals surface area contributed by atoms with Crippen LogP contribution in [0.5, 0.6) is 0 Å². The van der Waals surface area contributed by atoms with Gasteiger partial charge in [0, 0.05) is 47.4 Å². The lowest BCUT2D eigenvalue weighted by atomic mass is 10.1. The zero-order valence-electron chi connectivity index (χ0n) is 16.2. The molecule has 4 aromatic rings. The molecule has 0 aliphatic carbocycles. The van der Waals surface area contributed by atoms with Crippen LogP contribution in [0, 0.1) is 28.5 Å². The van der Waals surface area contributed by atoms with Crippen LogP contribution < -0.4 is 4.90 Å². The van der Waals surface area contributed by atoms with E-state index in [1.54, 1.807) is 16.8 Å². The summed E-state index contributed by atoms with van der Waals surface area (Å²) in [4.78, 5) is 7.71. The average Bonchev–Trinajstić information content (AvgIpc) is 3.18. The van der Waals surface area contributed by atoms with Crippen molar-refractivity contribution in [2.24, 2.45) is 0 Å². The Hall–Kier alpha value is -3.88. The first-order chi connectivity index (χ1) is 14.5. The van der Waals surface area contributed by atoms with Gasteiger partial charge in [0.05, 0.1) is 22.8 Å². The molecule has 0 N–H and O–H groups in total. The van der Waals surface area contributed by atoms with Crippen LogP contribution in [0.15, 0.2) is 64.8 Å². The van der Waals surface area contributed by atoms with E-state index in [2.05, 4.69) is 16.2 Å². The monoisotopic (exact) mass is 414 g/mol. The van der Waals surface area contributed by atoms with Gasteiger partial charge in [-0.15, -0.1) is 0 Å². The second-order valence-electron chi connectivity index (χ2n) is 6.71. The van der Waals surface area contributed by atoms with Crippen molar-refractivity contribution in [3.63, 3.8) is 0 Å². The Balaban J connectivity index is 1.86. The largest absolute Gasteiger partial charge is 0.363 e. The zero-order chi connectivity index (χ0) is 21.3. The molecule has 8 heteroatoms. The first kappa shape index (κ1) is 19.4. The van der Waals surface area contributed by atoms with Crippen LogP contribution in [-0.4, -0.2) is 28.7 Å². The van der Waals surface area contributed by atoms with Gasteiger partial charge in [0.25, 0.3) is 0 Å². The lowest BCUT2D eigenvalue weighted by molar-refractivity contribution is 0.626. The summed E-state index contributed by atoms with van der Waals surface area (Å²) in [6, 6.07) is 14.1. The number of fused-ring (bicyclic) bond motifs is 1. The van der Waals surface area contributed by atoms with Crippen molar-refractivity contribution < 1.29 is 4.39 Å². The quantitative estimate of drug-likeness (QED) is 0.489. The molecule has 0 saturated heterocycles. The number of anilines is 1. The maximum absolute atomic E-state index is 13.5. The fourth-order valence-electron chi connectivity index (χ4n) is 3.02. The Labute approximate surface area is 176 Å². The first-order valence-corrected chi connectivity index (χ1v) is 9.74. The molecule has 0 atom stereocenters. The summed E-state index contributed by atoms with van der Waals surface area (Å²) in [5, 5.41) is 23.2. The predicted octanol–water partition coefficient (Wildman–Crippen LogP) is 4.50. The summed E-state index contributed by atoms with van der Waals surface area (Å²) in [6.07, 6.45) is 5.12. The van der Waals surface area contributed by atoms with E-state index in [1.165, 1.54) is 30.1 Å². The summed E-state index contributed by atoms with van der Waals surface area (Å²) in [5.41, 5.74) is 3.04. The van der Waals surface area contributed by atoms with Crippen molar-refractivity contribution in [1.82, 2.24) is 14.6 Å². The molecule has 0 amide bonds. The van der Waals surface area contributed by atoms with E-state index < -0.39 is 5.82 Å². The Morgan fingerprint density at radius 1 is 0.967 bits per heavy atom. The van der Waals surface area contributed by atoms with Crippen LogP contribution in [0.3, 0.4) is 0 Å². The highest BCUT2D eigenvalue weighted by molar-refractivity contribution is 7.99. The standard InChI is InChI=1S/C22H15FN6S/c1-28(2)21-6-3-14(11-26-21)16-8-20(22-17(10-25)12-27-29(22)13-16)30-19-5-4-18(23)7-15(19)9-24/h3-8,11-13H,1-2H3. The highest BCUT2D eigenvalue weighted by atomic mass is 32.2. The maximum Gasteiger partial charge on any atom is 0.127 e. The summed E-state index contributed by atoms with van der Waals surface area (Å²) in [7, 11) is 3.84. The minimum Gasteiger partial charge on any atom is -0.363 e. The lowest BCUT2D eigenvalue weighted by Gasteiger charge is -2.13. The molecule has 0 bridgehead atoms. The molecule has 3 heterocycles. The minimum absolute atomic E-state index is 0.235. The van der Waals surface area contributed by atoms with Crippen molar-refractivity contribution >= 4 is 23.1 Å². The van der Waals surface area contributed by atoms with Gasteiger partial charge in [-0.25, -0.2) is 13.9 Å². The van der Waals surface area contributed by atoms with Gasteiger partial charge in [0.15, 0.2) is 0 Å². The van der Waals surface area contributed by atoms with Gasteiger partial charge in [0.1, 0.15) is 23.8 Å². The fraction of sp³-hybridized carbons (Fsp3) is 0.0909. The number of hydrogen-bond acceptors (Lipinski definition) is 6. The molecule has 6 nitrogen and oxygen atoms in total. The molecular formula is C22H15FN6S. The SMILES string of the molecule is CN(C)c1ccc(-c2cc(Sc3ccc(F)cc3C#N)c3c(C#N)cnn3c2)cn1. The summed E-state index contributed by atoms with van der Waals surface area (Å²) >= 11 is 1.30. The molecule has 1 aromatic carbocycles. The van der Waals surface area contributed by atoms with E-state index >= 15 is 0 Å². The summed E-state index contributed by atoms with van der Waals surface area (Å²) < 4.78 is 15.2. The third-order valence-electron chi connectivity index (χ3n) is 4.52. The van der Waals surface area contributed by atoms with Gasteiger partial charge in [-0.05, 0) is 36.4 Å². The van der Waals surface area contributed by atoms with E-state index in [4.69, 9.17) is 0 Å². The molecule has 0 unspecified atom stereocenters. The predicted molar refractivity (Wildman–Crippen MR) is 113 cm³/mol. The zero-order valence-corrected chi connectivity index (χ0v) is 17.0. The number of nitrogens with zero attached hydrogens (tertiary/aromatic N) is 6. The smallest absolute Gasteiger partial charge is 0.127 e. The van der Waals surface area contributed by atoms with E-state index in [0.717, 1.165) is 21.8 Å². The number of aromatic nitrogens is 3. The summed E-state index contributed by atoms with van der Waals surface area (Å²) in [6.45, 7) is 0. The van der Waals surface area contributed by atoms with Gasteiger partial charge >= 0.3 is 0 Å². The molecule has 0 fully saturated rings. The normalized spacial score (nSPS) is 10.6. The number of benzene rings is 1. The Morgan fingerprint density at radius 3 is 2.43 bits per heavy atom. The lowest BCUT2D eigenvalue weighted by Crippen LogP contribution is -2.10. The highest BCUT2D eigenvalue weighted by Crippen LogP contribution is 2.37. The van der Waals surface area contributed by atoms with E-state index in [0.29, 0.717) is 16.0 Å². The molecule has 0 aliphatic heterocycles. The van der Waals surface area contributed by atoms with E-state index in [-0.39, 0.29) is 5.56 Å². The number of rotatable bonds is 4. The topological polar surface area (TPSA) is 81.0 Å². The van der Waals surface area contributed by atoms with Crippen LogP contribution in [0.1, 0.15) is 11.1 Å². The maximum atomic E-state index is 13.5. The fourth-order valence-corrected chi connectivity index (χ4v) is 4.09. The van der Waals surface area contributed by atoms with E-state index in [1.807, 2.05) is 49.5 Å². The average molecular weight is 414 g/mol. The molecule has 146 valence electrons. The van der Waals surface area contributed by atoms with Crippen LogP contribution in [0.2, 0.25) is 0 Å². The summed E-state index contributed by atoms with van der Waals surface area (Å²) in [5.74, 6) is 0.370. The number of hydrogen-bond donors (Lipinski definition) is 0. The molecular weight excluding hydrogens is 399 g/mol. The van der Waals surface area contributed by atoms with Gasteiger partial charge in [-0.2, -0.15) is 15.6 Å². The van der Waals surface area contributed by atoms with Crippen LogP contribution in [0.25, 0.3) is 16.6 Å². The third-order valence-corrected chi connectivity index (χ3v) is 5.63. The van der Waals surface area contributed by atoms with Crippen molar-refractivity contribution in [3.05, 3.63) is 71.9 Å². The van der Waals surface area contributed by atoms with Crippen LogP contribution in [0.4, 0.5) is 10.2 Å². The number of nitriles is 2. The molecule has 0 saturated carbocycles. The van der Waals surface area contributed by atoms with Crippen molar-refractivity contribution in [2.45, 2.75) is 9.79 Å². The Kier molecular flexibility index (Phi) is 5.09. The van der Waals surface area contributed by atoms with Crippen molar-refractivity contribution in [1.29, 1.82) is 10.5 Å². The molecule has 4 rings (SSSR count). The third kappa shape index (κ3) is 3.57. The minimum atomic E-state index is -0.469. The molecule has 30 heavy (non-hydrogen) atoms. The Morgan fingerprint density at radius 2 is 1.77 bits per heavy atom. The molecule has 0 aliphatic rings. The van der Waals surface area contributed by atoms with Crippen LogP contribution in [-0.2, 0) is 0 Å². The molecule has 0 radical (unpaired) electrons. The van der Waals surface area contributed by atoms with Gasteiger partial charge < -0.3 is 4.90 Å². The van der Waals surface area contributed by atoms with Crippen LogP contribution >= 0.6 is 11.8 Å². The van der Waals surface area contributed by atoms with Gasteiger partial charge in [0.2, 0.25) is 0 Å². The molecule has 0 spiro atoms. The highest BCUT2D eigenvalue weighted by Gasteiger charge is 2.15. The number of halogens is 1. The second-order valence-corrected chi connectivity index (χ2v) is 7.79. The van der Waals surface area contributed by atoms with E-state index in [9.17, 15) is 14.9 Å². The van der Waals surface area contributed by atoms with Crippen molar-refractivity contribution in [3.8, 4) is 23.3 Å². The first-order valence-electron chi connectivity index (χ1n) is 8.93. The number of pyridine rings is 2. The van der Waals surface area contributed by atoms with Gasteiger partial charge in [-0.3, -0.25) is 0 Å². The molecule has 3 aromatic heterocycles.